The molecule has 0 atom stereocenters. The Balaban J connectivity index is 1.58. The third-order valence-electron chi connectivity index (χ3n) is 4.85. The van der Waals surface area contributed by atoms with Crippen molar-refractivity contribution in [3.63, 3.8) is 0 Å². The van der Waals surface area contributed by atoms with Gasteiger partial charge in [-0.3, -0.25) is 0 Å². The molecule has 3 rings (SSSR count). The molecule has 2 aromatic rings. The number of esters is 1. The van der Waals surface area contributed by atoms with Crippen molar-refractivity contribution in [3.05, 3.63) is 48.0 Å². The first kappa shape index (κ1) is 20.3. The highest BCUT2D eigenvalue weighted by Gasteiger charge is 2.23. The Labute approximate surface area is 170 Å². The van der Waals surface area contributed by atoms with Gasteiger partial charge in [0.2, 0.25) is 0 Å². The minimum absolute atomic E-state index is 0.169. The topological polar surface area (TPSA) is 80.3 Å². The number of hydrogen-bond donors (Lipinski definition) is 1. The third-order valence-corrected chi connectivity index (χ3v) is 4.85. The Hall–Kier alpha value is -3.42. The Morgan fingerprint density at radius 1 is 0.897 bits per heavy atom. The van der Waals surface area contributed by atoms with E-state index in [9.17, 15) is 9.59 Å². The van der Waals surface area contributed by atoms with Gasteiger partial charge in [0, 0.05) is 37.9 Å². The second-order valence-electron chi connectivity index (χ2n) is 6.51. The molecule has 2 amide bonds. The SMILES string of the molecule is COC(=O)c1ccc(NC(=O)N2CCN(c3ccc(OC)cc3OC)CC2)cc1. The van der Waals surface area contributed by atoms with Crippen LogP contribution >= 0.6 is 0 Å². The fourth-order valence-electron chi connectivity index (χ4n) is 3.21. The number of anilines is 2. The van der Waals surface area contributed by atoms with Gasteiger partial charge < -0.3 is 29.3 Å². The highest BCUT2D eigenvalue weighted by molar-refractivity contribution is 5.92. The molecule has 0 aromatic heterocycles. The molecule has 1 fully saturated rings. The van der Waals surface area contributed by atoms with Gasteiger partial charge in [0.1, 0.15) is 11.5 Å². The van der Waals surface area contributed by atoms with Crippen molar-refractivity contribution >= 4 is 23.4 Å². The van der Waals surface area contributed by atoms with Crippen molar-refractivity contribution in [3.8, 4) is 11.5 Å². The lowest BCUT2D eigenvalue weighted by atomic mass is 10.2. The fraction of sp³-hybridized carbons (Fsp3) is 0.333. The molecular formula is C21H25N3O5. The van der Waals surface area contributed by atoms with Crippen LogP contribution in [0.3, 0.4) is 0 Å². The smallest absolute Gasteiger partial charge is 0.337 e. The van der Waals surface area contributed by atoms with Gasteiger partial charge in [-0.1, -0.05) is 0 Å². The van der Waals surface area contributed by atoms with Crippen LogP contribution in [0.15, 0.2) is 42.5 Å². The highest BCUT2D eigenvalue weighted by Crippen LogP contribution is 2.32. The zero-order chi connectivity index (χ0) is 20.8. The average Bonchev–Trinajstić information content (AvgIpc) is 2.78. The number of nitrogens with one attached hydrogen (secondary N) is 1. The second kappa shape index (κ2) is 9.18. The van der Waals surface area contributed by atoms with Gasteiger partial charge in [0.15, 0.2) is 0 Å². The Kier molecular flexibility index (Phi) is 6.43. The minimum atomic E-state index is -0.409. The van der Waals surface area contributed by atoms with Crippen LogP contribution in [0.4, 0.5) is 16.2 Å². The van der Waals surface area contributed by atoms with Crippen molar-refractivity contribution in [2.24, 2.45) is 0 Å². The normalized spacial score (nSPS) is 13.6. The summed E-state index contributed by atoms with van der Waals surface area (Å²) in [4.78, 5) is 28.0. The van der Waals surface area contributed by atoms with E-state index in [0.717, 1.165) is 17.2 Å². The lowest BCUT2D eigenvalue weighted by Crippen LogP contribution is -2.50. The van der Waals surface area contributed by atoms with E-state index in [-0.39, 0.29) is 6.03 Å². The first-order valence-electron chi connectivity index (χ1n) is 9.27. The van der Waals surface area contributed by atoms with Crippen molar-refractivity contribution in [2.45, 2.75) is 0 Å². The average molecular weight is 399 g/mol. The van der Waals surface area contributed by atoms with Crippen LogP contribution in [-0.4, -0.2) is 64.4 Å². The Bertz CT molecular complexity index is 861. The van der Waals surface area contributed by atoms with Crippen molar-refractivity contribution in [1.29, 1.82) is 0 Å². The molecule has 154 valence electrons. The van der Waals surface area contributed by atoms with E-state index in [1.807, 2.05) is 18.2 Å². The fourth-order valence-corrected chi connectivity index (χ4v) is 3.21. The van der Waals surface area contributed by atoms with Crippen LogP contribution in [0.5, 0.6) is 11.5 Å². The number of amides is 2. The first-order valence-corrected chi connectivity index (χ1v) is 9.27. The van der Waals surface area contributed by atoms with Crippen LogP contribution in [0.25, 0.3) is 0 Å². The highest BCUT2D eigenvalue weighted by atomic mass is 16.5. The van der Waals surface area contributed by atoms with E-state index in [0.29, 0.717) is 37.4 Å². The lowest BCUT2D eigenvalue weighted by Gasteiger charge is -2.36. The molecule has 0 bridgehead atoms. The molecule has 0 unspecified atom stereocenters. The summed E-state index contributed by atoms with van der Waals surface area (Å²) in [6.45, 7) is 2.55. The maximum Gasteiger partial charge on any atom is 0.337 e. The number of rotatable bonds is 5. The molecule has 1 aliphatic rings. The quantitative estimate of drug-likeness (QED) is 0.779. The molecule has 0 spiro atoms. The lowest BCUT2D eigenvalue weighted by molar-refractivity contribution is 0.0600. The van der Waals surface area contributed by atoms with Crippen LogP contribution in [0.1, 0.15) is 10.4 Å². The van der Waals surface area contributed by atoms with Gasteiger partial charge in [-0.2, -0.15) is 0 Å². The maximum absolute atomic E-state index is 12.6. The van der Waals surface area contributed by atoms with Crippen LogP contribution in [0.2, 0.25) is 0 Å². The molecule has 0 aliphatic carbocycles. The zero-order valence-corrected chi connectivity index (χ0v) is 16.8. The third kappa shape index (κ3) is 4.71. The predicted octanol–water partition coefficient (Wildman–Crippen LogP) is 2.84. The molecule has 29 heavy (non-hydrogen) atoms. The molecule has 0 saturated carbocycles. The van der Waals surface area contributed by atoms with Gasteiger partial charge >= 0.3 is 12.0 Å². The van der Waals surface area contributed by atoms with E-state index in [1.54, 1.807) is 43.4 Å². The van der Waals surface area contributed by atoms with Crippen molar-refractivity contribution in [1.82, 2.24) is 4.90 Å². The summed E-state index contributed by atoms with van der Waals surface area (Å²) >= 11 is 0. The molecule has 1 saturated heterocycles. The number of nitrogens with zero attached hydrogens (tertiary/aromatic N) is 2. The van der Waals surface area contributed by atoms with E-state index in [2.05, 4.69) is 15.0 Å². The van der Waals surface area contributed by atoms with Gasteiger partial charge in [-0.15, -0.1) is 0 Å². The zero-order valence-electron chi connectivity index (χ0n) is 16.8. The summed E-state index contributed by atoms with van der Waals surface area (Å²) < 4.78 is 15.4. The van der Waals surface area contributed by atoms with E-state index in [4.69, 9.17) is 9.47 Å². The number of methoxy groups -OCH3 is 3. The number of hydrogen-bond acceptors (Lipinski definition) is 6. The largest absolute Gasteiger partial charge is 0.497 e. The number of ether oxygens (including phenoxy) is 3. The molecule has 1 N–H and O–H groups in total. The van der Waals surface area contributed by atoms with Gasteiger partial charge in [-0.25, -0.2) is 9.59 Å². The second-order valence-corrected chi connectivity index (χ2v) is 6.51. The maximum atomic E-state index is 12.6. The number of urea groups is 1. The standard InChI is InChI=1S/C21H25N3O5/c1-27-17-8-9-18(19(14-17)28-2)23-10-12-24(13-11-23)21(26)22-16-6-4-15(5-7-16)20(25)29-3/h4-9,14H,10-13H2,1-3H3,(H,22,26). The van der Waals surface area contributed by atoms with Gasteiger partial charge in [-0.05, 0) is 36.4 Å². The number of piperazine rings is 1. The molecular weight excluding hydrogens is 374 g/mol. The molecule has 2 aromatic carbocycles. The summed E-state index contributed by atoms with van der Waals surface area (Å²) in [5, 5.41) is 2.86. The summed E-state index contributed by atoms with van der Waals surface area (Å²) in [5.74, 6) is 1.07. The molecule has 1 heterocycles. The Morgan fingerprint density at radius 3 is 2.17 bits per heavy atom. The van der Waals surface area contributed by atoms with Gasteiger partial charge in [0.05, 0.1) is 32.6 Å². The van der Waals surface area contributed by atoms with Crippen molar-refractivity contribution < 1.29 is 23.8 Å². The summed E-state index contributed by atoms with van der Waals surface area (Å²) in [7, 11) is 4.58. The summed E-state index contributed by atoms with van der Waals surface area (Å²) in [6.07, 6.45) is 0. The van der Waals surface area contributed by atoms with Gasteiger partial charge in [0.25, 0.3) is 0 Å². The number of carbonyl (C=O) groups excluding carboxylic acids is 2. The van der Waals surface area contributed by atoms with Crippen LogP contribution < -0.4 is 19.7 Å². The summed E-state index contributed by atoms with van der Waals surface area (Å²) in [6, 6.07) is 12.2. The molecule has 0 radical (unpaired) electrons. The van der Waals surface area contributed by atoms with E-state index in [1.165, 1.54) is 7.11 Å². The number of benzene rings is 2. The van der Waals surface area contributed by atoms with Crippen LogP contribution in [0, 0.1) is 0 Å². The van der Waals surface area contributed by atoms with E-state index < -0.39 is 5.97 Å². The van der Waals surface area contributed by atoms with Crippen LogP contribution in [-0.2, 0) is 4.74 Å². The number of carbonyl (C=O) groups is 2. The Morgan fingerprint density at radius 2 is 1.59 bits per heavy atom. The molecule has 8 nitrogen and oxygen atoms in total. The molecule has 1 aliphatic heterocycles. The molecule has 8 heteroatoms. The van der Waals surface area contributed by atoms with Crippen molar-refractivity contribution in [2.75, 3.05) is 57.7 Å². The monoisotopic (exact) mass is 399 g/mol. The minimum Gasteiger partial charge on any atom is -0.497 e. The van der Waals surface area contributed by atoms with E-state index >= 15 is 0 Å². The first-order chi connectivity index (χ1) is 14.0. The summed E-state index contributed by atoms with van der Waals surface area (Å²) in [5.41, 5.74) is 2.04. The predicted molar refractivity (Wildman–Crippen MR) is 110 cm³/mol.